The normalized spacial score (nSPS) is 34.0. The Hall–Kier alpha value is 0.310. The Balaban J connectivity index is 2.29. The van der Waals surface area contributed by atoms with E-state index in [1.807, 2.05) is 11.8 Å². The maximum Gasteiger partial charge on any atom is 0.00977 e. The van der Waals surface area contributed by atoms with E-state index in [-0.39, 0.29) is 0 Å². The van der Waals surface area contributed by atoms with Crippen LogP contribution < -0.4 is 5.32 Å². The third kappa shape index (κ3) is 4.36. The van der Waals surface area contributed by atoms with Gasteiger partial charge in [-0.2, -0.15) is 11.8 Å². The third-order valence-corrected chi connectivity index (χ3v) is 4.60. The van der Waals surface area contributed by atoms with Crippen molar-refractivity contribution in [3.63, 3.8) is 0 Å². The van der Waals surface area contributed by atoms with Gasteiger partial charge >= 0.3 is 0 Å². The largest absolute Gasteiger partial charge is 0.311 e. The monoisotopic (exact) mass is 229 g/mol. The fourth-order valence-electron chi connectivity index (χ4n) is 2.56. The molecule has 4 atom stereocenters. The third-order valence-electron chi connectivity index (χ3n) is 3.96. The standard InChI is InChI=1S/C13H27NS/c1-10-6-5-7-13(12(10)3)14-11(2)8-9-15-4/h10-14H,5-9H2,1-4H3. The molecule has 1 N–H and O–H groups in total. The first kappa shape index (κ1) is 13.4. The molecule has 1 aliphatic rings. The van der Waals surface area contributed by atoms with Gasteiger partial charge in [0.25, 0.3) is 0 Å². The first-order valence-electron chi connectivity index (χ1n) is 6.40. The zero-order chi connectivity index (χ0) is 11.3. The van der Waals surface area contributed by atoms with E-state index in [4.69, 9.17) is 0 Å². The van der Waals surface area contributed by atoms with Crippen molar-refractivity contribution in [2.75, 3.05) is 12.0 Å². The average molecular weight is 229 g/mol. The molecule has 0 aromatic carbocycles. The van der Waals surface area contributed by atoms with Crippen LogP contribution in [0.5, 0.6) is 0 Å². The SMILES string of the molecule is CSCCC(C)NC1CCCC(C)C1C. The molecule has 15 heavy (non-hydrogen) atoms. The molecule has 0 aromatic rings. The minimum Gasteiger partial charge on any atom is -0.311 e. The van der Waals surface area contributed by atoms with Crippen molar-refractivity contribution >= 4 is 11.8 Å². The van der Waals surface area contributed by atoms with Crippen molar-refractivity contribution in [3.05, 3.63) is 0 Å². The maximum absolute atomic E-state index is 3.82. The summed E-state index contributed by atoms with van der Waals surface area (Å²) in [4.78, 5) is 0. The maximum atomic E-state index is 3.82. The number of thioether (sulfide) groups is 1. The van der Waals surface area contributed by atoms with E-state index in [1.54, 1.807) is 0 Å². The average Bonchev–Trinajstić information content (AvgIpc) is 2.22. The van der Waals surface area contributed by atoms with Crippen molar-refractivity contribution in [2.24, 2.45) is 11.8 Å². The van der Waals surface area contributed by atoms with Crippen LogP contribution in [0.1, 0.15) is 46.5 Å². The van der Waals surface area contributed by atoms with Gasteiger partial charge in [-0.25, -0.2) is 0 Å². The first-order chi connectivity index (χ1) is 7.15. The topological polar surface area (TPSA) is 12.0 Å². The van der Waals surface area contributed by atoms with Gasteiger partial charge in [0.05, 0.1) is 0 Å². The lowest BCUT2D eigenvalue weighted by molar-refractivity contribution is 0.195. The van der Waals surface area contributed by atoms with Crippen LogP contribution in [0.15, 0.2) is 0 Å². The summed E-state index contributed by atoms with van der Waals surface area (Å²) in [5.41, 5.74) is 0. The molecule has 0 spiro atoms. The zero-order valence-electron chi connectivity index (χ0n) is 10.8. The zero-order valence-corrected chi connectivity index (χ0v) is 11.6. The summed E-state index contributed by atoms with van der Waals surface area (Å²) in [6.45, 7) is 7.16. The van der Waals surface area contributed by atoms with Crippen LogP contribution in [0.25, 0.3) is 0 Å². The highest BCUT2D eigenvalue weighted by atomic mass is 32.2. The summed E-state index contributed by atoms with van der Waals surface area (Å²) in [5, 5.41) is 3.82. The van der Waals surface area contributed by atoms with E-state index < -0.39 is 0 Å². The van der Waals surface area contributed by atoms with Gasteiger partial charge in [-0.05, 0) is 43.6 Å². The highest BCUT2D eigenvalue weighted by molar-refractivity contribution is 7.98. The van der Waals surface area contributed by atoms with Crippen molar-refractivity contribution in [3.8, 4) is 0 Å². The molecule has 0 heterocycles. The van der Waals surface area contributed by atoms with Gasteiger partial charge in [0.2, 0.25) is 0 Å². The Kier molecular flexibility index (Phi) is 6.06. The van der Waals surface area contributed by atoms with E-state index in [9.17, 15) is 0 Å². The van der Waals surface area contributed by atoms with Gasteiger partial charge in [-0.15, -0.1) is 0 Å². The van der Waals surface area contributed by atoms with Crippen LogP contribution >= 0.6 is 11.8 Å². The summed E-state index contributed by atoms with van der Waals surface area (Å²) in [6, 6.07) is 1.46. The van der Waals surface area contributed by atoms with Crippen LogP contribution in [-0.4, -0.2) is 24.1 Å². The molecular formula is C13H27NS. The Morgan fingerprint density at radius 3 is 2.73 bits per heavy atom. The van der Waals surface area contributed by atoms with Crippen LogP contribution in [-0.2, 0) is 0 Å². The van der Waals surface area contributed by atoms with Crippen LogP contribution in [0.4, 0.5) is 0 Å². The lowest BCUT2D eigenvalue weighted by Gasteiger charge is -2.36. The Bertz CT molecular complexity index is 172. The predicted molar refractivity (Wildman–Crippen MR) is 71.6 cm³/mol. The minimum atomic E-state index is 0.690. The van der Waals surface area contributed by atoms with Crippen molar-refractivity contribution in [2.45, 2.75) is 58.5 Å². The molecular weight excluding hydrogens is 202 g/mol. The summed E-state index contributed by atoms with van der Waals surface area (Å²) in [6.07, 6.45) is 7.73. The van der Waals surface area contributed by atoms with Gasteiger partial charge in [0.15, 0.2) is 0 Å². The first-order valence-corrected chi connectivity index (χ1v) is 7.79. The number of nitrogens with one attached hydrogen (secondary N) is 1. The van der Waals surface area contributed by atoms with Gasteiger partial charge in [0, 0.05) is 12.1 Å². The van der Waals surface area contributed by atoms with Crippen molar-refractivity contribution in [1.82, 2.24) is 5.32 Å². The fourth-order valence-corrected chi connectivity index (χ4v) is 3.15. The van der Waals surface area contributed by atoms with Crippen molar-refractivity contribution < 1.29 is 0 Å². The Morgan fingerprint density at radius 2 is 2.07 bits per heavy atom. The van der Waals surface area contributed by atoms with E-state index in [2.05, 4.69) is 32.3 Å². The Labute approximate surface area is 99.8 Å². The van der Waals surface area contributed by atoms with Gasteiger partial charge < -0.3 is 5.32 Å². The molecule has 2 heteroatoms. The van der Waals surface area contributed by atoms with Crippen LogP contribution in [0.3, 0.4) is 0 Å². The summed E-state index contributed by atoms with van der Waals surface area (Å²) >= 11 is 1.95. The fraction of sp³-hybridized carbons (Fsp3) is 1.00. The van der Waals surface area contributed by atoms with E-state index in [1.165, 1.54) is 31.4 Å². The van der Waals surface area contributed by atoms with Crippen LogP contribution in [0, 0.1) is 11.8 Å². The molecule has 1 rings (SSSR count). The lowest BCUT2D eigenvalue weighted by atomic mass is 9.78. The molecule has 0 amide bonds. The van der Waals surface area contributed by atoms with E-state index in [0.29, 0.717) is 6.04 Å². The minimum absolute atomic E-state index is 0.690. The molecule has 1 fully saturated rings. The number of rotatable bonds is 5. The quantitative estimate of drug-likeness (QED) is 0.774. The van der Waals surface area contributed by atoms with Crippen LogP contribution in [0.2, 0.25) is 0 Å². The smallest absolute Gasteiger partial charge is 0.00977 e. The predicted octanol–water partition coefficient (Wildman–Crippen LogP) is 3.54. The van der Waals surface area contributed by atoms with E-state index >= 15 is 0 Å². The molecule has 0 bridgehead atoms. The summed E-state index contributed by atoms with van der Waals surface area (Å²) < 4.78 is 0. The number of hydrogen-bond donors (Lipinski definition) is 1. The molecule has 1 aliphatic carbocycles. The van der Waals surface area contributed by atoms with Gasteiger partial charge in [0.1, 0.15) is 0 Å². The van der Waals surface area contributed by atoms with E-state index in [0.717, 1.165) is 17.9 Å². The second kappa shape index (κ2) is 6.80. The number of hydrogen-bond acceptors (Lipinski definition) is 2. The Morgan fingerprint density at radius 1 is 1.33 bits per heavy atom. The molecule has 4 unspecified atom stereocenters. The highest BCUT2D eigenvalue weighted by Crippen LogP contribution is 2.29. The molecule has 90 valence electrons. The highest BCUT2D eigenvalue weighted by Gasteiger charge is 2.27. The molecule has 1 saturated carbocycles. The molecule has 0 aliphatic heterocycles. The second-order valence-corrected chi connectivity index (χ2v) is 6.21. The molecule has 0 saturated heterocycles. The van der Waals surface area contributed by atoms with Gasteiger partial charge in [-0.3, -0.25) is 0 Å². The molecule has 0 aromatic heterocycles. The molecule has 0 radical (unpaired) electrons. The second-order valence-electron chi connectivity index (χ2n) is 5.22. The molecule has 1 nitrogen and oxygen atoms in total. The van der Waals surface area contributed by atoms with Gasteiger partial charge in [-0.1, -0.05) is 26.7 Å². The summed E-state index contributed by atoms with van der Waals surface area (Å²) in [5.74, 6) is 3.05. The lowest BCUT2D eigenvalue weighted by Crippen LogP contribution is -2.44. The summed E-state index contributed by atoms with van der Waals surface area (Å²) in [7, 11) is 0. The van der Waals surface area contributed by atoms with Crippen molar-refractivity contribution in [1.29, 1.82) is 0 Å².